The second-order valence-electron chi connectivity index (χ2n) is 4.52. The largest absolute Gasteiger partial charge is 0.398 e. The van der Waals surface area contributed by atoms with Gasteiger partial charge in [-0.05, 0) is 5.41 Å². The van der Waals surface area contributed by atoms with E-state index in [1.54, 1.807) is 12.4 Å². The molecule has 0 aromatic rings. The van der Waals surface area contributed by atoms with E-state index in [1.165, 1.54) is 0 Å². The summed E-state index contributed by atoms with van der Waals surface area (Å²) < 4.78 is 4.50. The minimum absolute atomic E-state index is 0.0357. The summed E-state index contributed by atoms with van der Waals surface area (Å²) in [6.07, 6.45) is 3.27. The molecule has 1 unspecified atom stereocenters. The highest BCUT2D eigenvalue weighted by atomic mass is 32.1. The van der Waals surface area contributed by atoms with E-state index in [2.05, 4.69) is 48.4 Å². The number of ether oxygens (including phenoxy) is 1. The molecular formula is C10H15N3O2S. The monoisotopic (exact) mass is 241 g/mol. The molecule has 0 amide bonds. The number of carbonyl (C=O) groups is 1. The van der Waals surface area contributed by atoms with Crippen molar-refractivity contribution in [2.75, 3.05) is 0 Å². The molecule has 0 aromatic heterocycles. The molecular weight excluding hydrogens is 226 g/mol. The van der Waals surface area contributed by atoms with E-state index in [1.807, 2.05) is 0 Å². The number of carbonyl (C=O) groups excluding carboxylic acids is 1. The smallest absolute Gasteiger partial charge is 0.370 e. The van der Waals surface area contributed by atoms with Gasteiger partial charge in [0, 0.05) is 12.4 Å². The first-order valence-corrected chi connectivity index (χ1v) is 5.25. The number of nitrogens with one attached hydrogen (secondary N) is 2. The van der Waals surface area contributed by atoms with Gasteiger partial charge in [0.25, 0.3) is 0 Å². The van der Waals surface area contributed by atoms with Crippen molar-refractivity contribution in [3.63, 3.8) is 0 Å². The first-order valence-electron chi connectivity index (χ1n) is 4.81. The average molecular weight is 241 g/mol. The summed E-state index contributed by atoms with van der Waals surface area (Å²) in [6.45, 7) is 6.23. The number of aliphatic imine (C=N–C) groups is 1. The summed E-state index contributed by atoms with van der Waals surface area (Å²) in [4.78, 5) is 14.6. The quantitative estimate of drug-likeness (QED) is 0.284. The van der Waals surface area contributed by atoms with Crippen molar-refractivity contribution in [2.24, 2.45) is 10.4 Å². The van der Waals surface area contributed by atoms with Gasteiger partial charge in [-0.25, -0.2) is 4.79 Å². The van der Waals surface area contributed by atoms with Crippen LogP contribution >= 0.6 is 12.6 Å². The molecule has 0 fully saturated rings. The van der Waals surface area contributed by atoms with Crippen LogP contribution in [-0.4, -0.2) is 23.5 Å². The van der Waals surface area contributed by atoms with Crippen LogP contribution in [-0.2, 0) is 4.74 Å². The topological polar surface area (TPSA) is 74.5 Å². The van der Waals surface area contributed by atoms with Crippen molar-refractivity contribution in [3.8, 4) is 0 Å². The molecule has 0 bridgehead atoms. The minimum Gasteiger partial charge on any atom is -0.398 e. The van der Waals surface area contributed by atoms with E-state index in [9.17, 15) is 4.79 Å². The van der Waals surface area contributed by atoms with E-state index in [0.29, 0.717) is 0 Å². The highest BCUT2D eigenvalue weighted by Crippen LogP contribution is 2.20. The molecule has 0 saturated heterocycles. The van der Waals surface area contributed by atoms with Crippen molar-refractivity contribution >= 4 is 30.0 Å². The number of rotatable bonds is 1. The summed E-state index contributed by atoms with van der Waals surface area (Å²) in [7, 11) is 0. The molecule has 0 radical (unpaired) electrons. The maximum absolute atomic E-state index is 10.5. The summed E-state index contributed by atoms with van der Waals surface area (Å²) in [5, 5.41) is 9.70. The molecule has 0 saturated carbocycles. The number of thiol groups is 1. The Hall–Kier alpha value is -1.30. The Morgan fingerprint density at radius 3 is 2.62 bits per heavy atom. The predicted octanol–water partition coefficient (Wildman–Crippen LogP) is 1.96. The fourth-order valence-corrected chi connectivity index (χ4v) is 1.23. The van der Waals surface area contributed by atoms with Gasteiger partial charge in [0.2, 0.25) is 5.90 Å². The lowest BCUT2D eigenvalue weighted by Gasteiger charge is -2.29. The van der Waals surface area contributed by atoms with Crippen molar-refractivity contribution in [1.29, 1.82) is 5.41 Å². The van der Waals surface area contributed by atoms with Gasteiger partial charge in [-0.3, -0.25) is 10.4 Å². The minimum atomic E-state index is -0.820. The Morgan fingerprint density at radius 2 is 2.25 bits per heavy atom. The van der Waals surface area contributed by atoms with Crippen molar-refractivity contribution in [1.82, 2.24) is 5.32 Å². The average Bonchev–Trinajstić information content (AvgIpc) is 2.15. The lowest BCUT2D eigenvalue weighted by Crippen LogP contribution is -2.41. The van der Waals surface area contributed by atoms with Crippen LogP contribution < -0.4 is 5.32 Å². The van der Waals surface area contributed by atoms with Crippen molar-refractivity contribution < 1.29 is 9.53 Å². The molecule has 16 heavy (non-hydrogen) atoms. The summed E-state index contributed by atoms with van der Waals surface area (Å²) in [5.41, 5.74) is 0.316. The zero-order valence-corrected chi connectivity index (χ0v) is 10.3. The van der Waals surface area contributed by atoms with Gasteiger partial charge in [0.05, 0.1) is 6.04 Å². The van der Waals surface area contributed by atoms with Gasteiger partial charge in [-0.1, -0.05) is 33.4 Å². The molecule has 88 valence electrons. The fourth-order valence-electron chi connectivity index (χ4n) is 1.14. The highest BCUT2D eigenvalue weighted by Gasteiger charge is 2.24. The van der Waals surface area contributed by atoms with Crippen LogP contribution in [0.4, 0.5) is 4.79 Å². The Balaban J connectivity index is 2.65. The highest BCUT2D eigenvalue weighted by molar-refractivity contribution is 7.96. The van der Waals surface area contributed by atoms with Gasteiger partial charge in [0.1, 0.15) is 5.70 Å². The third kappa shape index (κ3) is 3.37. The lowest BCUT2D eigenvalue weighted by molar-refractivity contribution is 0.224. The van der Waals surface area contributed by atoms with Gasteiger partial charge in [0.15, 0.2) is 0 Å². The first-order chi connectivity index (χ1) is 7.30. The Bertz CT molecular complexity index is 369. The Labute approximate surface area is 99.9 Å². The lowest BCUT2D eigenvalue weighted by atomic mass is 9.87. The molecule has 0 aliphatic carbocycles. The Morgan fingerprint density at radius 1 is 1.62 bits per heavy atom. The number of hydrogen-bond acceptors (Lipinski definition) is 5. The normalized spacial score (nSPS) is 19.8. The standard InChI is InChI=1S/C10H15N3O2S/c1-10(2,3)7-5-12-6(4-13-7)8(11)15-9(14)16/h4-5,7,11,13H,1-3H3,(H,14,16). The first kappa shape index (κ1) is 12.8. The molecule has 5 nitrogen and oxygen atoms in total. The zero-order valence-electron chi connectivity index (χ0n) is 9.44. The second kappa shape index (κ2) is 4.69. The zero-order chi connectivity index (χ0) is 12.3. The van der Waals surface area contributed by atoms with E-state index >= 15 is 0 Å². The van der Waals surface area contributed by atoms with E-state index in [4.69, 9.17) is 5.41 Å². The van der Waals surface area contributed by atoms with Gasteiger partial charge < -0.3 is 10.1 Å². The van der Waals surface area contributed by atoms with E-state index in [-0.39, 0.29) is 23.1 Å². The maximum Gasteiger partial charge on any atom is 0.370 e. The van der Waals surface area contributed by atoms with Crippen LogP contribution in [0.25, 0.3) is 0 Å². The van der Waals surface area contributed by atoms with Crippen molar-refractivity contribution in [2.45, 2.75) is 26.8 Å². The van der Waals surface area contributed by atoms with Crippen LogP contribution in [0.3, 0.4) is 0 Å². The van der Waals surface area contributed by atoms with Crippen LogP contribution in [0.5, 0.6) is 0 Å². The molecule has 2 N–H and O–H groups in total. The van der Waals surface area contributed by atoms with Crippen molar-refractivity contribution in [3.05, 3.63) is 11.9 Å². The SMILES string of the molecule is CC(C)(C)C1C=NC(C(=N)OC(=O)S)=CN1. The summed E-state index contributed by atoms with van der Waals surface area (Å²) >= 11 is 3.42. The molecule has 1 heterocycles. The van der Waals surface area contributed by atoms with Crippen LogP contribution in [0.2, 0.25) is 0 Å². The van der Waals surface area contributed by atoms with E-state index < -0.39 is 5.30 Å². The predicted molar refractivity (Wildman–Crippen MR) is 66.1 cm³/mol. The third-order valence-corrected chi connectivity index (χ3v) is 2.21. The molecule has 0 aromatic carbocycles. The van der Waals surface area contributed by atoms with E-state index in [0.717, 1.165) is 0 Å². The number of hydrogen-bond donors (Lipinski definition) is 3. The van der Waals surface area contributed by atoms with Gasteiger partial charge >= 0.3 is 5.30 Å². The summed E-state index contributed by atoms with van der Waals surface area (Å²) in [5.74, 6) is -0.309. The molecule has 0 spiro atoms. The maximum atomic E-state index is 10.5. The fraction of sp³-hybridized carbons (Fsp3) is 0.500. The number of nitrogens with zero attached hydrogens (tertiary/aromatic N) is 1. The Kier molecular flexibility index (Phi) is 3.74. The van der Waals surface area contributed by atoms with Gasteiger partial charge in [-0.2, -0.15) is 0 Å². The summed E-state index contributed by atoms with van der Waals surface area (Å²) in [6, 6.07) is 0.0933. The molecule has 1 aliphatic rings. The molecule has 1 aliphatic heterocycles. The molecule has 1 atom stereocenters. The third-order valence-electron chi connectivity index (χ3n) is 2.12. The molecule has 1 rings (SSSR count). The van der Waals surface area contributed by atoms with Gasteiger partial charge in [-0.15, -0.1) is 0 Å². The molecule has 6 heteroatoms. The van der Waals surface area contributed by atoms with Crippen LogP contribution in [0, 0.1) is 10.8 Å². The van der Waals surface area contributed by atoms with Crippen LogP contribution in [0.1, 0.15) is 20.8 Å². The second-order valence-corrected chi connectivity index (χ2v) is 4.88. The van der Waals surface area contributed by atoms with Crippen LogP contribution in [0.15, 0.2) is 16.9 Å².